The minimum absolute atomic E-state index is 0.0128. The zero-order valence-electron chi connectivity index (χ0n) is 14.1. The first-order chi connectivity index (χ1) is 12.6. The van der Waals surface area contributed by atoms with E-state index in [0.29, 0.717) is 30.1 Å². The quantitative estimate of drug-likeness (QED) is 0.869. The first-order valence-electron chi connectivity index (χ1n) is 8.62. The molecule has 2 fully saturated rings. The van der Waals surface area contributed by atoms with E-state index in [-0.39, 0.29) is 36.3 Å². The topological polar surface area (TPSA) is 87.3 Å². The summed E-state index contributed by atoms with van der Waals surface area (Å²) < 4.78 is 18.7. The van der Waals surface area contributed by atoms with E-state index in [4.69, 9.17) is 4.74 Å². The van der Waals surface area contributed by atoms with Gasteiger partial charge in [0.05, 0.1) is 5.69 Å². The Labute approximate surface area is 149 Å². The largest absolute Gasteiger partial charge is 0.487 e. The Kier molecular flexibility index (Phi) is 4.32. The van der Waals surface area contributed by atoms with Crippen LogP contribution in [0.1, 0.15) is 35.4 Å². The average Bonchev–Trinajstić information content (AvgIpc) is 3.20. The van der Waals surface area contributed by atoms with Crippen LogP contribution in [-0.4, -0.2) is 45.5 Å². The molecule has 1 aromatic carbocycles. The fourth-order valence-corrected chi connectivity index (χ4v) is 3.61. The van der Waals surface area contributed by atoms with Crippen LogP contribution < -0.4 is 10.1 Å². The second-order valence-electron chi connectivity index (χ2n) is 6.63. The zero-order valence-corrected chi connectivity index (χ0v) is 14.1. The van der Waals surface area contributed by atoms with Gasteiger partial charge in [-0.1, -0.05) is 6.07 Å². The minimum atomic E-state index is -0.372. The van der Waals surface area contributed by atoms with E-state index in [1.165, 1.54) is 12.1 Å². The van der Waals surface area contributed by atoms with Crippen LogP contribution in [0.25, 0.3) is 0 Å². The van der Waals surface area contributed by atoms with Crippen molar-refractivity contribution in [1.82, 2.24) is 20.4 Å². The molecule has 2 amide bonds. The van der Waals surface area contributed by atoms with E-state index in [1.54, 1.807) is 23.1 Å². The second kappa shape index (κ2) is 6.78. The maximum atomic E-state index is 13.2. The van der Waals surface area contributed by atoms with Crippen molar-refractivity contribution in [3.8, 4) is 5.75 Å². The first kappa shape index (κ1) is 16.6. The summed E-state index contributed by atoms with van der Waals surface area (Å²) in [4.78, 5) is 26.4. The van der Waals surface area contributed by atoms with Gasteiger partial charge in [-0.15, -0.1) is 0 Å². The summed E-state index contributed by atoms with van der Waals surface area (Å²) in [7, 11) is 0. The standard InChI is InChI=1S/C18H19FN4O3/c19-11-2-1-3-15(6-11)26-10-12-7-16(22-21-12)18(25)23-13-4-5-14(23)9-20-17(24)8-13/h1-3,6-7,13-14H,4-5,8-10H2,(H,20,24)(H,21,22)/t13-,14+/m1/s1. The lowest BCUT2D eigenvalue weighted by molar-refractivity contribution is -0.121. The molecule has 0 spiro atoms. The third-order valence-corrected chi connectivity index (χ3v) is 4.85. The number of rotatable bonds is 4. The molecule has 7 nitrogen and oxygen atoms in total. The van der Waals surface area contributed by atoms with Crippen molar-refractivity contribution < 1.29 is 18.7 Å². The van der Waals surface area contributed by atoms with E-state index in [0.717, 1.165) is 12.8 Å². The molecule has 2 aliphatic heterocycles. The molecule has 2 aromatic rings. The Bertz CT molecular complexity index is 837. The lowest BCUT2D eigenvalue weighted by atomic mass is 10.1. The van der Waals surface area contributed by atoms with Gasteiger partial charge in [0.1, 0.15) is 18.2 Å². The number of aromatic amines is 1. The van der Waals surface area contributed by atoms with Crippen molar-refractivity contribution in [3.05, 3.63) is 47.5 Å². The lowest BCUT2D eigenvalue weighted by Gasteiger charge is -2.26. The van der Waals surface area contributed by atoms with Crippen molar-refractivity contribution in [2.45, 2.75) is 38.0 Å². The van der Waals surface area contributed by atoms with Gasteiger partial charge in [0.15, 0.2) is 5.69 Å². The second-order valence-corrected chi connectivity index (χ2v) is 6.63. The third kappa shape index (κ3) is 3.26. The SMILES string of the molecule is O=C1C[C@H]2CC[C@@H](CN1)N2C(=O)c1cc(COc2cccc(F)c2)[nH]n1. The predicted octanol–water partition coefficient (Wildman–Crippen LogP) is 1.62. The van der Waals surface area contributed by atoms with Gasteiger partial charge in [-0.2, -0.15) is 5.10 Å². The Hall–Kier alpha value is -2.90. The highest BCUT2D eigenvalue weighted by Crippen LogP contribution is 2.29. The molecule has 2 N–H and O–H groups in total. The van der Waals surface area contributed by atoms with Crippen LogP contribution in [-0.2, 0) is 11.4 Å². The Morgan fingerprint density at radius 1 is 1.31 bits per heavy atom. The fraction of sp³-hybridized carbons (Fsp3) is 0.389. The molecule has 2 saturated heterocycles. The number of hydrogen-bond donors (Lipinski definition) is 2. The van der Waals surface area contributed by atoms with Crippen LogP contribution in [0.4, 0.5) is 4.39 Å². The van der Waals surface area contributed by atoms with Gasteiger partial charge in [-0.05, 0) is 31.0 Å². The maximum absolute atomic E-state index is 13.2. The number of carbonyl (C=O) groups excluding carboxylic acids is 2. The van der Waals surface area contributed by atoms with Crippen molar-refractivity contribution >= 4 is 11.8 Å². The fourth-order valence-electron chi connectivity index (χ4n) is 3.61. The number of fused-ring (bicyclic) bond motifs is 2. The van der Waals surface area contributed by atoms with Gasteiger partial charge >= 0.3 is 0 Å². The maximum Gasteiger partial charge on any atom is 0.274 e. The Balaban J connectivity index is 1.44. The molecule has 2 bridgehead atoms. The summed E-state index contributed by atoms with van der Waals surface area (Å²) in [6.45, 7) is 0.637. The van der Waals surface area contributed by atoms with E-state index in [2.05, 4.69) is 15.5 Å². The lowest BCUT2D eigenvalue weighted by Crippen LogP contribution is -2.42. The molecule has 8 heteroatoms. The summed E-state index contributed by atoms with van der Waals surface area (Å²) in [5.41, 5.74) is 0.920. The number of carbonyl (C=O) groups is 2. The van der Waals surface area contributed by atoms with Gasteiger partial charge in [-0.25, -0.2) is 4.39 Å². The molecular formula is C18H19FN4O3. The van der Waals surface area contributed by atoms with Crippen LogP contribution in [0.5, 0.6) is 5.75 Å². The normalized spacial score (nSPS) is 22.0. The van der Waals surface area contributed by atoms with Crippen LogP contribution in [0.2, 0.25) is 0 Å². The van der Waals surface area contributed by atoms with Crippen LogP contribution in [0.3, 0.4) is 0 Å². The van der Waals surface area contributed by atoms with Crippen LogP contribution in [0, 0.1) is 5.82 Å². The molecule has 2 aliphatic rings. The van der Waals surface area contributed by atoms with Gasteiger partial charge in [-0.3, -0.25) is 14.7 Å². The molecule has 3 heterocycles. The van der Waals surface area contributed by atoms with Crippen LogP contribution >= 0.6 is 0 Å². The van der Waals surface area contributed by atoms with Crippen molar-refractivity contribution in [2.75, 3.05) is 6.54 Å². The first-order valence-corrected chi connectivity index (χ1v) is 8.62. The van der Waals surface area contributed by atoms with Gasteiger partial charge in [0.25, 0.3) is 5.91 Å². The predicted molar refractivity (Wildman–Crippen MR) is 89.9 cm³/mol. The average molecular weight is 358 g/mol. The van der Waals surface area contributed by atoms with Gasteiger partial charge in [0.2, 0.25) is 5.91 Å². The van der Waals surface area contributed by atoms with E-state index < -0.39 is 0 Å². The summed E-state index contributed by atoms with van der Waals surface area (Å²) in [6, 6.07) is 7.44. The van der Waals surface area contributed by atoms with E-state index >= 15 is 0 Å². The highest BCUT2D eigenvalue weighted by Gasteiger charge is 2.41. The molecule has 0 radical (unpaired) electrons. The van der Waals surface area contributed by atoms with Gasteiger partial charge in [0, 0.05) is 31.1 Å². The molecule has 0 saturated carbocycles. The number of hydrogen-bond acceptors (Lipinski definition) is 4. The molecule has 0 unspecified atom stereocenters. The number of nitrogens with zero attached hydrogens (tertiary/aromatic N) is 2. The Morgan fingerprint density at radius 2 is 2.15 bits per heavy atom. The molecule has 26 heavy (non-hydrogen) atoms. The number of benzene rings is 1. The molecule has 2 atom stereocenters. The number of ether oxygens (including phenoxy) is 1. The smallest absolute Gasteiger partial charge is 0.274 e. The van der Waals surface area contributed by atoms with Crippen molar-refractivity contribution in [1.29, 1.82) is 0 Å². The molecule has 1 aromatic heterocycles. The number of H-pyrrole nitrogens is 1. The van der Waals surface area contributed by atoms with Crippen molar-refractivity contribution in [2.24, 2.45) is 0 Å². The number of halogens is 1. The summed E-state index contributed by atoms with van der Waals surface area (Å²) >= 11 is 0. The van der Waals surface area contributed by atoms with E-state index in [1.807, 2.05) is 0 Å². The highest BCUT2D eigenvalue weighted by molar-refractivity contribution is 5.94. The molecule has 0 aliphatic carbocycles. The number of aromatic nitrogens is 2. The molecule has 4 rings (SSSR count). The zero-order chi connectivity index (χ0) is 18.1. The highest BCUT2D eigenvalue weighted by atomic mass is 19.1. The van der Waals surface area contributed by atoms with Gasteiger partial charge < -0.3 is 15.0 Å². The third-order valence-electron chi connectivity index (χ3n) is 4.85. The summed E-state index contributed by atoms with van der Waals surface area (Å²) in [6.07, 6.45) is 2.06. The summed E-state index contributed by atoms with van der Waals surface area (Å²) in [5, 5.41) is 9.73. The number of amides is 2. The monoisotopic (exact) mass is 358 g/mol. The van der Waals surface area contributed by atoms with Crippen LogP contribution in [0.15, 0.2) is 30.3 Å². The van der Waals surface area contributed by atoms with E-state index in [9.17, 15) is 14.0 Å². The Morgan fingerprint density at radius 3 is 3.00 bits per heavy atom. The minimum Gasteiger partial charge on any atom is -0.487 e. The molecule has 136 valence electrons. The molecular weight excluding hydrogens is 339 g/mol. The summed E-state index contributed by atoms with van der Waals surface area (Å²) in [5.74, 6) is -0.158. The number of nitrogens with one attached hydrogen (secondary N) is 2. The van der Waals surface area contributed by atoms with Crippen molar-refractivity contribution in [3.63, 3.8) is 0 Å².